The van der Waals surface area contributed by atoms with Gasteiger partial charge in [-0.3, -0.25) is 0 Å². The third-order valence-electron chi connectivity index (χ3n) is 2.70. The van der Waals surface area contributed by atoms with E-state index in [2.05, 4.69) is 15.9 Å². The first-order chi connectivity index (χ1) is 9.20. The normalized spacial score (nSPS) is 12.4. The van der Waals surface area contributed by atoms with Gasteiger partial charge in [0, 0.05) is 11.9 Å². The highest BCUT2D eigenvalue weighted by Crippen LogP contribution is 2.25. The molecular formula is C12H15BrF3NO2S. The summed E-state index contributed by atoms with van der Waals surface area (Å²) in [5.41, 5.74) is 0.410. The van der Waals surface area contributed by atoms with Crippen LogP contribution in [0.3, 0.4) is 0 Å². The molecule has 0 saturated heterocycles. The van der Waals surface area contributed by atoms with Crippen LogP contribution >= 0.6 is 15.9 Å². The number of hydrogen-bond acceptors (Lipinski definition) is 2. The molecule has 3 nitrogen and oxygen atoms in total. The summed E-state index contributed by atoms with van der Waals surface area (Å²) in [5, 5.41) is 0.234. The van der Waals surface area contributed by atoms with Crippen LogP contribution in [0.15, 0.2) is 17.0 Å². The van der Waals surface area contributed by atoms with Crippen molar-refractivity contribution in [3.05, 3.63) is 29.1 Å². The SMILES string of the molecule is Cc1cc(F)cc(C)c1S(=O)(=O)N(CCBr)CC(F)F. The number of rotatable bonds is 6. The maximum Gasteiger partial charge on any atom is 0.252 e. The zero-order valence-corrected chi connectivity index (χ0v) is 13.4. The predicted molar refractivity (Wildman–Crippen MR) is 74.4 cm³/mol. The van der Waals surface area contributed by atoms with Crippen LogP contribution in [0.2, 0.25) is 0 Å². The van der Waals surface area contributed by atoms with Gasteiger partial charge in [0.15, 0.2) is 0 Å². The molecule has 0 fully saturated rings. The molecular weight excluding hydrogens is 359 g/mol. The Morgan fingerprint density at radius 3 is 2.15 bits per heavy atom. The second-order valence-electron chi connectivity index (χ2n) is 4.31. The summed E-state index contributed by atoms with van der Waals surface area (Å²) in [5.74, 6) is -0.556. The van der Waals surface area contributed by atoms with E-state index in [4.69, 9.17) is 0 Å². The minimum atomic E-state index is -4.08. The molecule has 1 aromatic carbocycles. The van der Waals surface area contributed by atoms with Crippen LogP contribution in [-0.4, -0.2) is 37.6 Å². The van der Waals surface area contributed by atoms with Crippen LogP contribution in [0.1, 0.15) is 11.1 Å². The fourth-order valence-corrected chi connectivity index (χ4v) is 4.48. The molecule has 114 valence electrons. The maximum absolute atomic E-state index is 13.2. The molecule has 8 heteroatoms. The Morgan fingerprint density at radius 2 is 1.75 bits per heavy atom. The lowest BCUT2D eigenvalue weighted by Gasteiger charge is -2.23. The zero-order valence-electron chi connectivity index (χ0n) is 11.0. The van der Waals surface area contributed by atoms with Crippen molar-refractivity contribution in [2.45, 2.75) is 25.2 Å². The Balaban J connectivity index is 3.33. The van der Waals surface area contributed by atoms with E-state index in [-0.39, 0.29) is 27.9 Å². The van der Waals surface area contributed by atoms with Crippen molar-refractivity contribution in [3.8, 4) is 0 Å². The van der Waals surface area contributed by atoms with Crippen molar-refractivity contribution in [1.82, 2.24) is 4.31 Å². The third-order valence-corrected chi connectivity index (χ3v) is 5.22. The summed E-state index contributed by atoms with van der Waals surface area (Å²) in [7, 11) is -4.08. The highest BCUT2D eigenvalue weighted by Gasteiger charge is 2.29. The molecule has 0 spiro atoms. The second kappa shape index (κ2) is 6.91. The fraction of sp³-hybridized carbons (Fsp3) is 0.500. The molecule has 0 unspecified atom stereocenters. The zero-order chi connectivity index (χ0) is 15.5. The minimum Gasteiger partial charge on any atom is -0.209 e. The minimum absolute atomic E-state index is 0.0804. The predicted octanol–water partition coefficient (Wildman–Crippen LogP) is 3.09. The number of halogens is 4. The highest BCUT2D eigenvalue weighted by atomic mass is 79.9. The van der Waals surface area contributed by atoms with Crippen molar-refractivity contribution in [1.29, 1.82) is 0 Å². The van der Waals surface area contributed by atoms with Gasteiger partial charge in [0.1, 0.15) is 5.82 Å². The molecule has 1 aromatic rings. The monoisotopic (exact) mass is 373 g/mol. The van der Waals surface area contributed by atoms with E-state index < -0.39 is 28.8 Å². The van der Waals surface area contributed by atoms with Crippen LogP contribution in [0.5, 0.6) is 0 Å². The Hall–Kier alpha value is -0.600. The highest BCUT2D eigenvalue weighted by molar-refractivity contribution is 9.09. The number of nitrogens with zero attached hydrogens (tertiary/aromatic N) is 1. The first kappa shape index (κ1) is 17.5. The number of hydrogen-bond donors (Lipinski definition) is 0. The van der Waals surface area contributed by atoms with Gasteiger partial charge in [-0.1, -0.05) is 15.9 Å². The van der Waals surface area contributed by atoms with Gasteiger partial charge in [0.25, 0.3) is 6.43 Å². The second-order valence-corrected chi connectivity index (χ2v) is 6.98. The van der Waals surface area contributed by atoms with Gasteiger partial charge in [0.2, 0.25) is 10.0 Å². The van der Waals surface area contributed by atoms with Crippen LogP contribution in [0.4, 0.5) is 13.2 Å². The van der Waals surface area contributed by atoms with E-state index in [9.17, 15) is 21.6 Å². The van der Waals surface area contributed by atoms with Crippen molar-refractivity contribution in [3.63, 3.8) is 0 Å². The van der Waals surface area contributed by atoms with E-state index >= 15 is 0 Å². The molecule has 0 heterocycles. The van der Waals surface area contributed by atoms with Gasteiger partial charge in [-0.05, 0) is 37.1 Å². The van der Waals surface area contributed by atoms with E-state index in [0.29, 0.717) is 4.31 Å². The molecule has 20 heavy (non-hydrogen) atoms. The van der Waals surface area contributed by atoms with E-state index in [1.807, 2.05) is 0 Å². The van der Waals surface area contributed by atoms with Gasteiger partial charge in [-0.2, -0.15) is 4.31 Å². The van der Waals surface area contributed by atoms with Crippen LogP contribution in [-0.2, 0) is 10.0 Å². The van der Waals surface area contributed by atoms with E-state index in [1.54, 1.807) is 0 Å². The first-order valence-corrected chi connectivity index (χ1v) is 8.37. The fourth-order valence-electron chi connectivity index (χ4n) is 1.99. The number of aryl methyl sites for hydroxylation is 2. The Kier molecular flexibility index (Phi) is 6.03. The summed E-state index contributed by atoms with van der Waals surface area (Å²) in [4.78, 5) is -0.111. The smallest absolute Gasteiger partial charge is 0.209 e. The molecule has 0 amide bonds. The van der Waals surface area contributed by atoms with Gasteiger partial charge in [-0.15, -0.1) is 0 Å². The summed E-state index contributed by atoms with van der Waals surface area (Å²) >= 11 is 3.04. The molecule has 0 saturated carbocycles. The van der Waals surface area contributed by atoms with Crippen LogP contribution < -0.4 is 0 Å². The topological polar surface area (TPSA) is 37.4 Å². The van der Waals surface area contributed by atoms with E-state index in [0.717, 1.165) is 12.1 Å². The molecule has 0 aliphatic rings. The summed E-state index contributed by atoms with van der Waals surface area (Å²) in [6.45, 7) is 1.92. The molecule has 1 rings (SSSR count). The number of sulfonamides is 1. The molecule has 0 radical (unpaired) electrons. The molecule has 0 aromatic heterocycles. The van der Waals surface area contributed by atoms with Gasteiger partial charge < -0.3 is 0 Å². The van der Waals surface area contributed by atoms with Crippen molar-refractivity contribution < 1.29 is 21.6 Å². The maximum atomic E-state index is 13.2. The van der Waals surface area contributed by atoms with Gasteiger partial charge >= 0.3 is 0 Å². The van der Waals surface area contributed by atoms with Crippen LogP contribution in [0, 0.1) is 19.7 Å². The average molecular weight is 374 g/mol. The van der Waals surface area contributed by atoms with Crippen molar-refractivity contribution in [2.75, 3.05) is 18.4 Å². The molecule has 0 bridgehead atoms. The lowest BCUT2D eigenvalue weighted by Crippen LogP contribution is -2.37. The van der Waals surface area contributed by atoms with Crippen molar-refractivity contribution in [2.24, 2.45) is 0 Å². The number of alkyl halides is 3. The Bertz CT molecular complexity index is 555. The molecule has 0 atom stereocenters. The molecule has 0 aliphatic heterocycles. The Labute approximate surface area is 125 Å². The molecule has 0 N–H and O–H groups in total. The molecule has 0 aliphatic carbocycles. The first-order valence-electron chi connectivity index (χ1n) is 5.81. The lowest BCUT2D eigenvalue weighted by atomic mass is 10.1. The van der Waals surface area contributed by atoms with E-state index in [1.165, 1.54) is 13.8 Å². The van der Waals surface area contributed by atoms with Gasteiger partial charge in [-0.25, -0.2) is 21.6 Å². The quantitative estimate of drug-likeness (QED) is 0.718. The summed E-state index contributed by atoms with van der Waals surface area (Å²) in [6, 6.07) is 2.16. The Morgan fingerprint density at radius 1 is 1.25 bits per heavy atom. The van der Waals surface area contributed by atoms with Crippen LogP contribution in [0.25, 0.3) is 0 Å². The van der Waals surface area contributed by atoms with Crippen molar-refractivity contribution >= 4 is 26.0 Å². The summed E-state index contributed by atoms with van der Waals surface area (Å²) in [6.07, 6.45) is -2.77. The standard InChI is InChI=1S/C12H15BrF3NO2S/c1-8-5-10(14)6-9(2)12(8)20(18,19)17(4-3-13)7-11(15)16/h5-6,11H,3-4,7H2,1-2H3. The average Bonchev–Trinajstić information content (AvgIpc) is 2.25. The number of benzene rings is 1. The van der Waals surface area contributed by atoms with Gasteiger partial charge in [0.05, 0.1) is 11.4 Å². The lowest BCUT2D eigenvalue weighted by molar-refractivity contribution is 0.121. The largest absolute Gasteiger partial charge is 0.252 e. The summed E-state index contributed by atoms with van der Waals surface area (Å²) < 4.78 is 63.9. The third kappa shape index (κ3) is 3.95.